The van der Waals surface area contributed by atoms with Crippen molar-refractivity contribution in [3.8, 4) is 0 Å². The molecule has 1 aromatic rings. The molecule has 23 heavy (non-hydrogen) atoms. The standard InChI is InChI=1S/C16H24F2N4O/c1-3-6-22-12(2)14(9-20-22)11-21-7-4-5-13(10-21)8-19-16(23)15(17)18/h3,9,13,15H,1,4-8,10-11H2,2H3,(H,19,23)/t13-/m1/s1. The van der Waals surface area contributed by atoms with Gasteiger partial charge in [0.1, 0.15) is 0 Å². The van der Waals surface area contributed by atoms with Crippen molar-refractivity contribution >= 4 is 5.91 Å². The molecule has 1 fully saturated rings. The lowest BCUT2D eigenvalue weighted by atomic mass is 9.97. The van der Waals surface area contributed by atoms with Crippen LogP contribution in [0, 0.1) is 12.8 Å². The highest BCUT2D eigenvalue weighted by Gasteiger charge is 2.23. The molecule has 0 bridgehead atoms. The van der Waals surface area contributed by atoms with E-state index in [1.807, 2.05) is 23.9 Å². The molecule has 7 heteroatoms. The maximum absolute atomic E-state index is 12.2. The van der Waals surface area contributed by atoms with E-state index in [1.54, 1.807) is 0 Å². The second-order valence-corrected chi connectivity index (χ2v) is 6.02. The highest BCUT2D eigenvalue weighted by Crippen LogP contribution is 2.19. The minimum atomic E-state index is -2.94. The fraction of sp³-hybridized carbons (Fsp3) is 0.625. The summed E-state index contributed by atoms with van der Waals surface area (Å²) in [6.45, 7) is 9.33. The zero-order valence-electron chi connectivity index (χ0n) is 13.5. The lowest BCUT2D eigenvalue weighted by Crippen LogP contribution is -2.41. The summed E-state index contributed by atoms with van der Waals surface area (Å²) in [5, 5.41) is 6.67. The lowest BCUT2D eigenvalue weighted by Gasteiger charge is -2.32. The molecule has 2 rings (SSSR count). The summed E-state index contributed by atoms with van der Waals surface area (Å²) in [6.07, 6.45) is 2.71. The second-order valence-electron chi connectivity index (χ2n) is 6.02. The first-order valence-electron chi connectivity index (χ1n) is 7.91. The van der Waals surface area contributed by atoms with E-state index in [-0.39, 0.29) is 5.92 Å². The zero-order chi connectivity index (χ0) is 16.8. The van der Waals surface area contributed by atoms with Gasteiger partial charge < -0.3 is 5.32 Å². The number of hydrogen-bond acceptors (Lipinski definition) is 3. The summed E-state index contributed by atoms with van der Waals surface area (Å²) in [6, 6.07) is 0. The number of alkyl halides is 2. The SMILES string of the molecule is C=CCn1ncc(CN2CCC[C@H](CNC(=O)C(F)F)C2)c1C. The number of rotatable bonds is 7. The molecule has 2 heterocycles. The molecule has 1 aromatic heterocycles. The van der Waals surface area contributed by atoms with Crippen LogP contribution in [0.25, 0.3) is 0 Å². The third-order valence-corrected chi connectivity index (χ3v) is 4.27. The molecular weight excluding hydrogens is 302 g/mol. The van der Waals surface area contributed by atoms with Crippen molar-refractivity contribution in [2.24, 2.45) is 5.92 Å². The Morgan fingerprint density at radius 2 is 2.39 bits per heavy atom. The minimum Gasteiger partial charge on any atom is -0.351 e. The van der Waals surface area contributed by atoms with E-state index in [4.69, 9.17) is 0 Å². The number of piperidine rings is 1. The number of nitrogens with zero attached hydrogens (tertiary/aromatic N) is 3. The van der Waals surface area contributed by atoms with Crippen molar-refractivity contribution < 1.29 is 13.6 Å². The van der Waals surface area contributed by atoms with Crippen molar-refractivity contribution in [2.75, 3.05) is 19.6 Å². The normalized spacial score (nSPS) is 19.0. The molecule has 0 saturated carbocycles. The predicted molar refractivity (Wildman–Crippen MR) is 84.2 cm³/mol. The van der Waals surface area contributed by atoms with Crippen LogP contribution in [-0.4, -0.2) is 46.6 Å². The Labute approximate surface area is 135 Å². The van der Waals surface area contributed by atoms with Gasteiger partial charge in [0.05, 0.1) is 12.7 Å². The van der Waals surface area contributed by atoms with E-state index < -0.39 is 12.3 Å². The average molecular weight is 326 g/mol. The van der Waals surface area contributed by atoms with Gasteiger partial charge >= 0.3 is 6.43 Å². The Bertz CT molecular complexity index is 544. The van der Waals surface area contributed by atoms with E-state index in [2.05, 4.69) is 21.9 Å². The molecule has 1 saturated heterocycles. The molecule has 5 nitrogen and oxygen atoms in total. The Morgan fingerprint density at radius 3 is 3.09 bits per heavy atom. The van der Waals surface area contributed by atoms with Gasteiger partial charge in [0.15, 0.2) is 0 Å². The van der Waals surface area contributed by atoms with Crippen LogP contribution in [0.1, 0.15) is 24.1 Å². The number of carbonyl (C=O) groups excluding carboxylic acids is 1. The monoisotopic (exact) mass is 326 g/mol. The third kappa shape index (κ3) is 4.86. The molecule has 0 aromatic carbocycles. The number of amides is 1. The van der Waals surface area contributed by atoms with Crippen molar-refractivity contribution in [3.63, 3.8) is 0 Å². The van der Waals surface area contributed by atoms with Gasteiger partial charge in [0.2, 0.25) is 0 Å². The van der Waals surface area contributed by atoms with Gasteiger partial charge in [-0.3, -0.25) is 14.4 Å². The van der Waals surface area contributed by atoms with Crippen molar-refractivity contribution in [1.29, 1.82) is 0 Å². The fourth-order valence-electron chi connectivity index (χ4n) is 2.97. The first-order valence-corrected chi connectivity index (χ1v) is 7.91. The van der Waals surface area contributed by atoms with Crippen LogP contribution in [0.3, 0.4) is 0 Å². The van der Waals surface area contributed by atoms with Gasteiger partial charge in [0.25, 0.3) is 5.91 Å². The maximum atomic E-state index is 12.2. The summed E-state index contributed by atoms with van der Waals surface area (Å²) in [7, 11) is 0. The predicted octanol–water partition coefficient (Wildman–Crippen LogP) is 1.97. The summed E-state index contributed by atoms with van der Waals surface area (Å²) >= 11 is 0. The summed E-state index contributed by atoms with van der Waals surface area (Å²) < 4.78 is 26.3. The number of allylic oxidation sites excluding steroid dienone is 1. The van der Waals surface area contributed by atoms with Gasteiger partial charge in [0, 0.05) is 30.9 Å². The summed E-state index contributed by atoms with van der Waals surface area (Å²) in [4.78, 5) is 13.3. The molecule has 0 radical (unpaired) electrons. The Morgan fingerprint density at radius 1 is 1.61 bits per heavy atom. The molecule has 0 aliphatic carbocycles. The van der Waals surface area contributed by atoms with Gasteiger partial charge in [-0.2, -0.15) is 13.9 Å². The van der Waals surface area contributed by atoms with E-state index >= 15 is 0 Å². The molecule has 0 unspecified atom stereocenters. The van der Waals surface area contributed by atoms with Crippen LogP contribution in [0.4, 0.5) is 8.78 Å². The largest absolute Gasteiger partial charge is 0.351 e. The summed E-state index contributed by atoms with van der Waals surface area (Å²) in [5.41, 5.74) is 2.29. The molecular formula is C16H24F2N4O. The van der Waals surface area contributed by atoms with Crippen molar-refractivity contribution in [2.45, 2.75) is 39.3 Å². The van der Waals surface area contributed by atoms with Gasteiger partial charge in [-0.25, -0.2) is 0 Å². The van der Waals surface area contributed by atoms with Gasteiger partial charge in [-0.05, 0) is 32.2 Å². The van der Waals surface area contributed by atoms with E-state index in [0.29, 0.717) is 13.1 Å². The Kier molecular flexibility index (Phi) is 6.27. The smallest absolute Gasteiger partial charge is 0.315 e. The second kappa shape index (κ2) is 8.19. The van der Waals surface area contributed by atoms with Crippen LogP contribution in [0.2, 0.25) is 0 Å². The molecule has 1 N–H and O–H groups in total. The number of halogens is 2. The minimum absolute atomic E-state index is 0.218. The number of carbonyl (C=O) groups is 1. The zero-order valence-corrected chi connectivity index (χ0v) is 13.5. The molecule has 128 valence electrons. The van der Waals surface area contributed by atoms with Gasteiger partial charge in [-0.15, -0.1) is 6.58 Å². The van der Waals surface area contributed by atoms with Crippen LogP contribution >= 0.6 is 0 Å². The highest BCUT2D eigenvalue weighted by molar-refractivity contribution is 5.79. The van der Waals surface area contributed by atoms with Crippen LogP contribution < -0.4 is 5.32 Å². The molecule has 0 spiro atoms. The third-order valence-electron chi connectivity index (χ3n) is 4.27. The van der Waals surface area contributed by atoms with Crippen molar-refractivity contribution in [3.05, 3.63) is 30.1 Å². The first kappa shape index (κ1) is 17.6. The molecule has 1 aliphatic heterocycles. The summed E-state index contributed by atoms with van der Waals surface area (Å²) in [5.74, 6) is -0.960. The van der Waals surface area contributed by atoms with Crippen molar-refractivity contribution in [1.82, 2.24) is 20.0 Å². The van der Waals surface area contributed by atoms with Crippen LogP contribution in [0.5, 0.6) is 0 Å². The average Bonchev–Trinajstić information content (AvgIpc) is 2.86. The van der Waals surface area contributed by atoms with E-state index in [1.165, 1.54) is 5.56 Å². The molecule has 1 amide bonds. The Balaban J connectivity index is 1.86. The van der Waals surface area contributed by atoms with Crippen LogP contribution in [0.15, 0.2) is 18.9 Å². The van der Waals surface area contributed by atoms with Crippen LogP contribution in [-0.2, 0) is 17.9 Å². The highest BCUT2D eigenvalue weighted by atomic mass is 19.3. The number of hydrogen-bond donors (Lipinski definition) is 1. The number of likely N-dealkylation sites (tertiary alicyclic amines) is 1. The number of nitrogens with one attached hydrogen (secondary N) is 1. The van der Waals surface area contributed by atoms with Gasteiger partial charge in [-0.1, -0.05) is 6.08 Å². The number of aromatic nitrogens is 2. The van der Waals surface area contributed by atoms with E-state index in [9.17, 15) is 13.6 Å². The quantitative estimate of drug-likeness (QED) is 0.780. The fourth-order valence-corrected chi connectivity index (χ4v) is 2.97. The first-order chi connectivity index (χ1) is 11.0. The topological polar surface area (TPSA) is 50.2 Å². The molecule has 1 atom stereocenters. The maximum Gasteiger partial charge on any atom is 0.315 e. The Hall–Kier alpha value is -1.76. The van der Waals surface area contributed by atoms with E-state index in [0.717, 1.165) is 38.2 Å². The lowest BCUT2D eigenvalue weighted by molar-refractivity contribution is -0.132. The molecule has 1 aliphatic rings.